The Morgan fingerprint density at radius 3 is 1.88 bits per heavy atom. The first-order chi connectivity index (χ1) is 15.4. The summed E-state index contributed by atoms with van der Waals surface area (Å²) in [6, 6.07) is 0. The van der Waals surface area contributed by atoms with Gasteiger partial charge in [-0.3, -0.25) is 9.59 Å². The lowest BCUT2D eigenvalue weighted by atomic mass is 9.94. The summed E-state index contributed by atoms with van der Waals surface area (Å²) in [6.45, 7) is 5.07. The van der Waals surface area contributed by atoms with E-state index in [1.165, 1.54) is 64.7 Å². The molecule has 6 heteroatoms. The standard InChI is InChI=1S/C26H42O6/c1-19-18-22(25(28)30-19)16-14-12-10-8-6-4-5-7-9-11-13-15-17-23-24(32-21(3)27)20(2)31-26(23)29/h18-20,23-24H,4-17H2,1-3H3/t19-,20-,23+,24+/m1/s1. The van der Waals surface area contributed by atoms with Gasteiger partial charge in [0.15, 0.2) is 6.10 Å². The van der Waals surface area contributed by atoms with Crippen LogP contribution in [0.15, 0.2) is 11.6 Å². The smallest absolute Gasteiger partial charge is 0.334 e. The van der Waals surface area contributed by atoms with Gasteiger partial charge in [0, 0.05) is 12.5 Å². The maximum Gasteiger partial charge on any atom is 0.334 e. The van der Waals surface area contributed by atoms with E-state index in [1.54, 1.807) is 6.92 Å². The molecule has 0 aliphatic carbocycles. The number of hydrogen-bond acceptors (Lipinski definition) is 6. The fraction of sp³-hybridized carbons (Fsp3) is 0.808. The van der Waals surface area contributed by atoms with Crippen LogP contribution in [-0.2, 0) is 28.6 Å². The molecule has 0 N–H and O–H groups in total. The summed E-state index contributed by atoms with van der Waals surface area (Å²) in [7, 11) is 0. The van der Waals surface area contributed by atoms with Gasteiger partial charge in [-0.15, -0.1) is 0 Å². The van der Waals surface area contributed by atoms with Crippen molar-refractivity contribution in [3.05, 3.63) is 11.6 Å². The highest BCUT2D eigenvalue weighted by Gasteiger charge is 2.44. The molecule has 0 spiro atoms. The molecule has 2 aliphatic rings. The van der Waals surface area contributed by atoms with Gasteiger partial charge in [-0.2, -0.15) is 0 Å². The number of unbranched alkanes of at least 4 members (excludes halogenated alkanes) is 11. The highest BCUT2D eigenvalue weighted by molar-refractivity contribution is 5.90. The minimum absolute atomic E-state index is 0.0490. The fourth-order valence-corrected chi connectivity index (χ4v) is 4.71. The topological polar surface area (TPSA) is 78.9 Å². The number of carbonyl (C=O) groups excluding carboxylic acids is 3. The maximum absolute atomic E-state index is 12.0. The van der Waals surface area contributed by atoms with Crippen LogP contribution in [0.4, 0.5) is 0 Å². The lowest BCUT2D eigenvalue weighted by Crippen LogP contribution is -2.30. The molecule has 0 bridgehead atoms. The summed E-state index contributed by atoms with van der Waals surface area (Å²) < 4.78 is 15.7. The summed E-state index contributed by atoms with van der Waals surface area (Å²) >= 11 is 0. The zero-order valence-corrected chi connectivity index (χ0v) is 20.2. The Hall–Kier alpha value is -1.85. The maximum atomic E-state index is 12.0. The van der Waals surface area contributed by atoms with E-state index in [0.29, 0.717) is 0 Å². The van der Waals surface area contributed by atoms with Crippen LogP contribution >= 0.6 is 0 Å². The minimum atomic E-state index is -0.431. The molecule has 182 valence electrons. The van der Waals surface area contributed by atoms with E-state index in [9.17, 15) is 14.4 Å². The Balaban J connectivity index is 1.37. The summed E-state index contributed by atoms with van der Waals surface area (Å²) in [6.07, 6.45) is 17.1. The summed E-state index contributed by atoms with van der Waals surface area (Å²) in [5, 5.41) is 0. The van der Waals surface area contributed by atoms with Gasteiger partial charge in [0.1, 0.15) is 12.2 Å². The fourth-order valence-electron chi connectivity index (χ4n) is 4.71. The molecule has 0 saturated carbocycles. The van der Waals surface area contributed by atoms with Crippen LogP contribution in [0.1, 0.15) is 111 Å². The highest BCUT2D eigenvalue weighted by Crippen LogP contribution is 2.29. The molecule has 1 saturated heterocycles. The van der Waals surface area contributed by atoms with Crippen LogP contribution in [0.2, 0.25) is 0 Å². The predicted molar refractivity (Wildman–Crippen MR) is 123 cm³/mol. The SMILES string of the molecule is CC(=O)O[C@@H]1[C@H](CCCCCCCCCCCCCCC2=C[C@@H](C)OC2=O)C(=O)O[C@@H]1C. The number of ether oxygens (including phenoxy) is 3. The molecule has 2 aliphatic heterocycles. The summed E-state index contributed by atoms with van der Waals surface area (Å²) in [4.78, 5) is 34.8. The van der Waals surface area contributed by atoms with Gasteiger partial charge in [0.25, 0.3) is 0 Å². The molecule has 2 heterocycles. The molecule has 2 rings (SSSR count). The molecule has 0 aromatic carbocycles. The Morgan fingerprint density at radius 2 is 1.38 bits per heavy atom. The molecule has 0 radical (unpaired) electrons. The molecule has 0 amide bonds. The largest absolute Gasteiger partial charge is 0.458 e. The van der Waals surface area contributed by atoms with Crippen LogP contribution in [-0.4, -0.2) is 36.2 Å². The van der Waals surface area contributed by atoms with Crippen molar-refractivity contribution in [2.24, 2.45) is 5.92 Å². The molecule has 32 heavy (non-hydrogen) atoms. The average Bonchev–Trinajstić information content (AvgIpc) is 3.18. The molecular formula is C26H42O6. The quantitative estimate of drug-likeness (QED) is 0.168. The molecule has 1 fully saturated rings. The van der Waals surface area contributed by atoms with E-state index in [2.05, 4.69) is 0 Å². The van der Waals surface area contributed by atoms with Crippen molar-refractivity contribution >= 4 is 17.9 Å². The van der Waals surface area contributed by atoms with E-state index >= 15 is 0 Å². The van der Waals surface area contributed by atoms with Crippen molar-refractivity contribution in [3.8, 4) is 0 Å². The number of cyclic esters (lactones) is 2. The monoisotopic (exact) mass is 450 g/mol. The number of esters is 3. The first-order valence-electron chi connectivity index (χ1n) is 12.7. The van der Waals surface area contributed by atoms with Crippen molar-refractivity contribution in [3.63, 3.8) is 0 Å². The van der Waals surface area contributed by atoms with Gasteiger partial charge in [-0.25, -0.2) is 4.79 Å². The van der Waals surface area contributed by atoms with Crippen molar-refractivity contribution in [2.75, 3.05) is 0 Å². The zero-order chi connectivity index (χ0) is 23.3. The molecule has 0 unspecified atom stereocenters. The normalized spacial score (nSPS) is 24.9. The highest BCUT2D eigenvalue weighted by atomic mass is 16.6. The Kier molecular flexibility index (Phi) is 11.8. The number of hydrogen-bond donors (Lipinski definition) is 0. The Morgan fingerprint density at radius 1 is 0.844 bits per heavy atom. The first kappa shape index (κ1) is 26.4. The summed E-state index contributed by atoms with van der Waals surface area (Å²) in [5.41, 5.74) is 0.861. The van der Waals surface area contributed by atoms with Crippen molar-refractivity contribution in [2.45, 2.75) is 129 Å². The second-order valence-corrected chi connectivity index (χ2v) is 9.41. The summed E-state index contributed by atoms with van der Waals surface area (Å²) in [5.74, 6) is -1.01. The van der Waals surface area contributed by atoms with Crippen molar-refractivity contribution < 1.29 is 28.6 Å². The molecule has 4 atom stereocenters. The van der Waals surface area contributed by atoms with Crippen molar-refractivity contribution in [1.82, 2.24) is 0 Å². The Labute approximate surface area is 193 Å². The van der Waals surface area contributed by atoms with E-state index in [0.717, 1.165) is 37.7 Å². The van der Waals surface area contributed by atoms with Crippen LogP contribution in [0, 0.1) is 5.92 Å². The van der Waals surface area contributed by atoms with Crippen LogP contribution < -0.4 is 0 Å². The number of carbonyl (C=O) groups is 3. The van der Waals surface area contributed by atoms with E-state index in [-0.39, 0.29) is 36.0 Å². The molecular weight excluding hydrogens is 408 g/mol. The zero-order valence-electron chi connectivity index (χ0n) is 20.2. The van der Waals surface area contributed by atoms with Gasteiger partial charge in [0.05, 0.1) is 5.92 Å². The number of rotatable bonds is 16. The van der Waals surface area contributed by atoms with Crippen LogP contribution in [0.3, 0.4) is 0 Å². The first-order valence-corrected chi connectivity index (χ1v) is 12.7. The second-order valence-electron chi connectivity index (χ2n) is 9.41. The van der Waals surface area contributed by atoms with E-state index < -0.39 is 6.10 Å². The van der Waals surface area contributed by atoms with E-state index in [4.69, 9.17) is 14.2 Å². The molecule has 6 nitrogen and oxygen atoms in total. The third-order valence-corrected chi connectivity index (χ3v) is 6.47. The minimum Gasteiger partial charge on any atom is -0.458 e. The molecule has 0 aromatic heterocycles. The lowest BCUT2D eigenvalue weighted by Gasteiger charge is -2.18. The van der Waals surface area contributed by atoms with Gasteiger partial charge in [-0.05, 0) is 39.2 Å². The van der Waals surface area contributed by atoms with Crippen LogP contribution in [0.25, 0.3) is 0 Å². The van der Waals surface area contributed by atoms with Crippen LogP contribution in [0.5, 0.6) is 0 Å². The predicted octanol–water partition coefficient (Wildman–Crippen LogP) is 5.81. The third-order valence-electron chi connectivity index (χ3n) is 6.47. The van der Waals surface area contributed by atoms with Gasteiger partial charge in [-0.1, -0.05) is 70.6 Å². The Bertz CT molecular complexity index is 640. The van der Waals surface area contributed by atoms with Gasteiger partial charge >= 0.3 is 17.9 Å². The second kappa shape index (κ2) is 14.3. The van der Waals surface area contributed by atoms with Gasteiger partial charge in [0.2, 0.25) is 0 Å². The third kappa shape index (κ3) is 9.33. The average molecular weight is 451 g/mol. The van der Waals surface area contributed by atoms with Gasteiger partial charge < -0.3 is 14.2 Å². The van der Waals surface area contributed by atoms with Crippen molar-refractivity contribution in [1.29, 1.82) is 0 Å². The molecule has 0 aromatic rings. The lowest BCUT2D eigenvalue weighted by molar-refractivity contribution is -0.150. The van der Waals surface area contributed by atoms with E-state index in [1.807, 2.05) is 13.0 Å².